The summed E-state index contributed by atoms with van der Waals surface area (Å²) in [6.07, 6.45) is 5.37. The van der Waals surface area contributed by atoms with Crippen LogP contribution >= 0.6 is 11.3 Å². The molecule has 37 heavy (non-hydrogen) atoms. The number of thiazole rings is 1. The summed E-state index contributed by atoms with van der Waals surface area (Å²) in [6, 6.07) is 11.7. The Hall–Kier alpha value is -3.89. The van der Waals surface area contributed by atoms with Gasteiger partial charge < -0.3 is 15.3 Å². The first kappa shape index (κ1) is 24.8. The van der Waals surface area contributed by atoms with Gasteiger partial charge in [0.15, 0.2) is 5.13 Å². The first-order chi connectivity index (χ1) is 18.0. The minimum absolute atomic E-state index is 0.0144. The highest BCUT2D eigenvalue weighted by molar-refractivity contribution is 7.19. The topological polar surface area (TPSA) is 113 Å². The first-order valence-electron chi connectivity index (χ1n) is 12.3. The van der Waals surface area contributed by atoms with Crippen LogP contribution in [0.4, 0.5) is 5.13 Å². The van der Waals surface area contributed by atoms with Gasteiger partial charge in [-0.3, -0.25) is 14.6 Å². The Labute approximate surface area is 218 Å². The first-order valence-corrected chi connectivity index (χ1v) is 13.1. The van der Waals surface area contributed by atoms with Gasteiger partial charge in [0.1, 0.15) is 0 Å². The van der Waals surface area contributed by atoms with Crippen LogP contribution in [0.5, 0.6) is 0 Å². The number of nitrogens with zero attached hydrogens (tertiary/aromatic N) is 5. The second-order valence-electron chi connectivity index (χ2n) is 8.85. The molecule has 0 unspecified atom stereocenters. The summed E-state index contributed by atoms with van der Waals surface area (Å²) in [5.41, 5.74) is 6.63. The lowest BCUT2D eigenvalue weighted by atomic mass is 9.95. The molecule has 2 N–H and O–H groups in total. The Morgan fingerprint density at radius 3 is 2.68 bits per heavy atom. The fourth-order valence-electron chi connectivity index (χ4n) is 4.62. The van der Waals surface area contributed by atoms with Crippen LogP contribution in [0.2, 0.25) is 0 Å². The molecule has 1 aliphatic carbocycles. The highest BCUT2D eigenvalue weighted by Crippen LogP contribution is 2.44. The molecular weight excluding hydrogens is 488 g/mol. The fourth-order valence-corrected chi connectivity index (χ4v) is 5.73. The van der Waals surface area contributed by atoms with E-state index in [-0.39, 0.29) is 24.8 Å². The van der Waals surface area contributed by atoms with Crippen molar-refractivity contribution in [3.05, 3.63) is 65.6 Å². The van der Waals surface area contributed by atoms with E-state index in [0.29, 0.717) is 18.2 Å². The predicted molar refractivity (Wildman–Crippen MR) is 143 cm³/mol. The summed E-state index contributed by atoms with van der Waals surface area (Å²) < 4.78 is 1.93. The van der Waals surface area contributed by atoms with Crippen LogP contribution in [0.15, 0.2) is 48.8 Å². The van der Waals surface area contributed by atoms with Gasteiger partial charge in [0, 0.05) is 43.5 Å². The minimum Gasteiger partial charge on any atom is -0.395 e. The van der Waals surface area contributed by atoms with Crippen LogP contribution in [-0.4, -0.2) is 61.3 Å². The van der Waals surface area contributed by atoms with Gasteiger partial charge in [0.2, 0.25) is 11.8 Å². The zero-order valence-electron chi connectivity index (χ0n) is 20.8. The molecule has 0 aliphatic heterocycles. The van der Waals surface area contributed by atoms with Crippen LogP contribution in [0, 0.1) is 0 Å². The number of carbonyl (C=O) groups excluding carboxylic acids is 2. The molecule has 10 heteroatoms. The molecule has 9 nitrogen and oxygen atoms in total. The number of fused-ring (bicyclic) bond motifs is 3. The van der Waals surface area contributed by atoms with Gasteiger partial charge in [-0.2, -0.15) is 5.10 Å². The lowest BCUT2D eigenvalue weighted by Crippen LogP contribution is -2.34. The van der Waals surface area contributed by atoms with Crippen molar-refractivity contribution < 1.29 is 14.7 Å². The van der Waals surface area contributed by atoms with E-state index in [9.17, 15) is 14.7 Å². The Balaban J connectivity index is 1.54. The lowest BCUT2D eigenvalue weighted by molar-refractivity contribution is -0.130. The number of amides is 2. The zero-order valence-corrected chi connectivity index (χ0v) is 21.6. The molecule has 0 spiro atoms. The Morgan fingerprint density at radius 1 is 1.19 bits per heavy atom. The van der Waals surface area contributed by atoms with E-state index in [1.165, 1.54) is 18.3 Å². The van der Waals surface area contributed by atoms with Gasteiger partial charge in [-0.25, -0.2) is 9.67 Å². The summed E-state index contributed by atoms with van der Waals surface area (Å²) in [6.45, 7) is 4.23. The maximum absolute atomic E-state index is 12.6. The van der Waals surface area contributed by atoms with Crippen molar-refractivity contribution in [1.82, 2.24) is 24.6 Å². The molecule has 0 bridgehead atoms. The largest absolute Gasteiger partial charge is 0.395 e. The van der Waals surface area contributed by atoms with Crippen molar-refractivity contribution in [2.45, 2.75) is 33.1 Å². The quantitative estimate of drug-likeness (QED) is 0.371. The van der Waals surface area contributed by atoms with E-state index in [4.69, 9.17) is 5.10 Å². The number of aliphatic hydroxyl groups is 1. The number of benzene rings is 1. The smallest absolute Gasteiger partial charge is 0.227 e. The molecule has 0 saturated carbocycles. The highest BCUT2D eigenvalue weighted by atomic mass is 32.1. The van der Waals surface area contributed by atoms with Crippen molar-refractivity contribution in [3.63, 3.8) is 0 Å². The molecular formula is C27H28N6O3S. The number of aryl methyl sites for hydroxylation is 1. The van der Waals surface area contributed by atoms with E-state index in [1.54, 1.807) is 11.1 Å². The van der Waals surface area contributed by atoms with Crippen LogP contribution in [-0.2, 0) is 28.9 Å². The SMILES string of the molecule is CCN(CCO)C(=O)Cc1ccc(-n2nc(-c3cccnc3)c3c2-c2sc(NC(C)=O)nc2CC3)cc1. The van der Waals surface area contributed by atoms with Crippen LogP contribution in [0.3, 0.4) is 0 Å². The van der Waals surface area contributed by atoms with Gasteiger partial charge >= 0.3 is 0 Å². The Morgan fingerprint density at radius 2 is 2.00 bits per heavy atom. The Bertz CT molecular complexity index is 1430. The maximum Gasteiger partial charge on any atom is 0.227 e. The van der Waals surface area contributed by atoms with E-state index >= 15 is 0 Å². The number of anilines is 1. The van der Waals surface area contributed by atoms with E-state index < -0.39 is 0 Å². The van der Waals surface area contributed by atoms with Gasteiger partial charge in [-0.05, 0) is 49.6 Å². The average molecular weight is 517 g/mol. The molecule has 0 atom stereocenters. The van der Waals surface area contributed by atoms with E-state index in [2.05, 4.69) is 15.3 Å². The lowest BCUT2D eigenvalue weighted by Gasteiger charge is -2.19. The molecule has 1 aliphatic rings. The molecule has 5 rings (SSSR count). The molecule has 0 radical (unpaired) electrons. The normalized spacial score (nSPS) is 12.1. The van der Waals surface area contributed by atoms with Crippen LogP contribution < -0.4 is 5.32 Å². The predicted octanol–water partition coefficient (Wildman–Crippen LogP) is 3.50. The standard InChI is InChI=1S/C27H28N6O3S/c1-3-32(13-14-34)23(36)15-18-6-8-20(9-7-18)33-25-21(24(31-33)19-5-4-12-28-16-19)10-11-22-26(25)37-27(30-22)29-17(2)35/h4-9,12,16,34H,3,10-11,13-15H2,1-2H3,(H,29,30,35). The fraction of sp³-hybridized carbons (Fsp3) is 0.296. The molecule has 3 aromatic heterocycles. The molecule has 0 saturated heterocycles. The molecule has 2 amide bonds. The van der Waals surface area contributed by atoms with Crippen molar-refractivity contribution in [1.29, 1.82) is 0 Å². The second-order valence-corrected chi connectivity index (χ2v) is 9.84. The Kier molecular flexibility index (Phi) is 7.11. The van der Waals surface area contributed by atoms with Crippen molar-refractivity contribution in [2.75, 3.05) is 25.0 Å². The van der Waals surface area contributed by atoms with Gasteiger partial charge in [-0.1, -0.05) is 23.5 Å². The number of aliphatic hydroxyl groups excluding tert-OH is 1. The third-order valence-corrected chi connectivity index (χ3v) is 7.39. The number of carbonyl (C=O) groups is 2. The summed E-state index contributed by atoms with van der Waals surface area (Å²) in [4.78, 5) is 35.9. The highest BCUT2D eigenvalue weighted by Gasteiger charge is 2.30. The third kappa shape index (κ3) is 5.03. The number of hydrogen-bond donors (Lipinski definition) is 2. The van der Waals surface area contributed by atoms with E-state index in [1.807, 2.05) is 54.2 Å². The van der Waals surface area contributed by atoms with Crippen molar-refractivity contribution >= 4 is 28.3 Å². The summed E-state index contributed by atoms with van der Waals surface area (Å²) >= 11 is 1.46. The number of pyridine rings is 1. The van der Waals surface area contributed by atoms with Crippen molar-refractivity contribution in [2.24, 2.45) is 0 Å². The minimum atomic E-state index is -0.151. The van der Waals surface area contributed by atoms with Gasteiger partial charge in [-0.15, -0.1) is 0 Å². The zero-order chi connectivity index (χ0) is 25.9. The maximum atomic E-state index is 12.6. The molecule has 190 valence electrons. The van der Waals surface area contributed by atoms with E-state index in [0.717, 1.165) is 57.2 Å². The summed E-state index contributed by atoms with van der Waals surface area (Å²) in [5.74, 6) is -0.166. The monoisotopic (exact) mass is 516 g/mol. The number of aromatic nitrogens is 4. The van der Waals surface area contributed by atoms with Crippen LogP contribution in [0.1, 0.15) is 30.7 Å². The number of nitrogens with one attached hydrogen (secondary N) is 1. The van der Waals surface area contributed by atoms with Crippen LogP contribution in [0.25, 0.3) is 27.5 Å². The summed E-state index contributed by atoms with van der Waals surface area (Å²) in [7, 11) is 0. The third-order valence-electron chi connectivity index (χ3n) is 6.37. The average Bonchev–Trinajstić information content (AvgIpc) is 3.48. The molecule has 0 fully saturated rings. The molecule has 3 heterocycles. The van der Waals surface area contributed by atoms with Crippen molar-refractivity contribution in [3.8, 4) is 27.5 Å². The molecule has 1 aromatic carbocycles. The van der Waals surface area contributed by atoms with Gasteiger partial charge in [0.25, 0.3) is 0 Å². The number of rotatable bonds is 8. The second kappa shape index (κ2) is 10.6. The molecule has 4 aromatic rings. The van der Waals surface area contributed by atoms with Gasteiger partial charge in [0.05, 0.1) is 40.7 Å². The number of hydrogen-bond acceptors (Lipinski definition) is 7. The summed E-state index contributed by atoms with van der Waals surface area (Å²) in [5, 5.41) is 17.6. The number of likely N-dealkylation sites (N-methyl/N-ethyl adjacent to an activating group) is 1.